The van der Waals surface area contributed by atoms with E-state index in [1.165, 1.54) is 48.7 Å². The van der Waals surface area contributed by atoms with Crippen molar-refractivity contribution in [3.05, 3.63) is 72.4 Å². The van der Waals surface area contributed by atoms with Crippen LogP contribution in [0.1, 0.15) is 18.4 Å². The Hall–Kier alpha value is -3.44. The summed E-state index contributed by atoms with van der Waals surface area (Å²) in [4.78, 5) is 17.6. The fourth-order valence-electron chi connectivity index (χ4n) is 3.54. The van der Waals surface area contributed by atoms with Gasteiger partial charge in [-0.05, 0) is 73.5 Å². The predicted octanol–water partition coefficient (Wildman–Crippen LogP) is 3.12. The summed E-state index contributed by atoms with van der Waals surface area (Å²) in [6.07, 6.45) is 2.74. The first-order chi connectivity index (χ1) is 15.7. The molecule has 2 N–H and O–H groups in total. The van der Waals surface area contributed by atoms with Gasteiger partial charge in [0.05, 0.1) is 9.79 Å². The number of benzene rings is 2. The van der Waals surface area contributed by atoms with E-state index in [2.05, 4.69) is 14.4 Å². The van der Waals surface area contributed by atoms with Crippen molar-refractivity contribution in [3.8, 4) is 0 Å². The number of sulfonamides is 2. The van der Waals surface area contributed by atoms with Crippen molar-refractivity contribution in [1.82, 2.24) is 4.98 Å². The Morgan fingerprint density at radius 3 is 2.18 bits per heavy atom. The molecule has 0 atom stereocenters. The Morgan fingerprint density at radius 2 is 1.58 bits per heavy atom. The van der Waals surface area contributed by atoms with Crippen molar-refractivity contribution in [3.63, 3.8) is 0 Å². The summed E-state index contributed by atoms with van der Waals surface area (Å²) in [5.74, 6) is 0.205. The van der Waals surface area contributed by atoms with Crippen LogP contribution in [0.4, 0.5) is 17.2 Å². The molecule has 1 saturated heterocycles. The number of nitrogens with zero attached hydrogens (tertiary/aromatic N) is 2. The molecule has 2 heterocycles. The van der Waals surface area contributed by atoms with Crippen molar-refractivity contribution < 1.29 is 21.6 Å². The Bertz CT molecular complexity index is 1390. The second-order valence-corrected chi connectivity index (χ2v) is 10.9. The van der Waals surface area contributed by atoms with Crippen LogP contribution < -0.4 is 14.3 Å². The zero-order valence-electron chi connectivity index (χ0n) is 17.7. The molecule has 0 radical (unpaired) electrons. The molecule has 0 saturated carbocycles. The highest BCUT2D eigenvalue weighted by atomic mass is 32.2. The highest BCUT2D eigenvalue weighted by Gasteiger charge is 2.24. The molecule has 1 amide bonds. The van der Waals surface area contributed by atoms with Crippen LogP contribution in [0, 0.1) is 6.92 Å². The molecule has 2 aromatic carbocycles. The lowest BCUT2D eigenvalue weighted by molar-refractivity contribution is -0.117. The maximum Gasteiger partial charge on any atom is 0.263 e. The lowest BCUT2D eigenvalue weighted by atomic mass is 10.2. The monoisotopic (exact) mass is 486 g/mol. The van der Waals surface area contributed by atoms with E-state index >= 15 is 0 Å². The quantitative estimate of drug-likeness (QED) is 0.529. The van der Waals surface area contributed by atoms with E-state index in [-0.39, 0.29) is 27.2 Å². The molecular weight excluding hydrogens is 464 g/mol. The summed E-state index contributed by atoms with van der Waals surface area (Å²) < 4.78 is 55.5. The van der Waals surface area contributed by atoms with Crippen molar-refractivity contribution in [2.75, 3.05) is 20.9 Å². The Kier molecular flexibility index (Phi) is 6.09. The lowest BCUT2D eigenvalue weighted by Gasteiger charge is -2.19. The van der Waals surface area contributed by atoms with Gasteiger partial charge in [-0.2, -0.15) is 0 Å². The molecule has 3 aromatic rings. The van der Waals surface area contributed by atoms with Gasteiger partial charge in [0.15, 0.2) is 0 Å². The highest BCUT2D eigenvalue weighted by Crippen LogP contribution is 2.28. The SMILES string of the molecule is Cc1cc(S(=O)(=O)Nc2ccc(S(=O)(=O)Nc3ccccn3)cc2)ccc1N1CCCC1=O. The molecule has 9 nitrogen and oxygen atoms in total. The van der Waals surface area contributed by atoms with Gasteiger partial charge < -0.3 is 4.90 Å². The van der Waals surface area contributed by atoms with Crippen LogP contribution >= 0.6 is 0 Å². The minimum absolute atomic E-state index is 0.0272. The molecule has 4 rings (SSSR count). The van der Waals surface area contributed by atoms with Crippen LogP contribution in [0.3, 0.4) is 0 Å². The third-order valence-corrected chi connectivity index (χ3v) is 7.91. The number of aromatic nitrogens is 1. The van der Waals surface area contributed by atoms with Gasteiger partial charge in [-0.25, -0.2) is 21.8 Å². The number of pyridine rings is 1. The van der Waals surface area contributed by atoms with Gasteiger partial charge in [0.1, 0.15) is 5.82 Å². The number of hydrogen-bond donors (Lipinski definition) is 2. The van der Waals surface area contributed by atoms with Gasteiger partial charge in [0, 0.05) is 30.5 Å². The van der Waals surface area contributed by atoms with E-state index in [1.54, 1.807) is 30.0 Å². The highest BCUT2D eigenvalue weighted by molar-refractivity contribution is 7.93. The van der Waals surface area contributed by atoms with Gasteiger partial charge in [-0.3, -0.25) is 14.2 Å². The molecule has 0 spiro atoms. The minimum atomic E-state index is -3.92. The third-order valence-electron chi connectivity index (χ3n) is 5.16. The molecule has 0 bridgehead atoms. The van der Waals surface area contributed by atoms with Crippen LogP contribution in [-0.4, -0.2) is 34.3 Å². The Morgan fingerprint density at radius 1 is 0.879 bits per heavy atom. The minimum Gasteiger partial charge on any atom is -0.312 e. The molecule has 33 heavy (non-hydrogen) atoms. The number of anilines is 3. The van der Waals surface area contributed by atoms with Gasteiger partial charge >= 0.3 is 0 Å². The first kappa shape index (κ1) is 22.7. The van der Waals surface area contributed by atoms with Gasteiger partial charge in [-0.15, -0.1) is 0 Å². The van der Waals surface area contributed by atoms with Crippen LogP contribution in [0.25, 0.3) is 0 Å². The van der Waals surface area contributed by atoms with E-state index in [1.807, 2.05) is 0 Å². The van der Waals surface area contributed by atoms with E-state index < -0.39 is 20.0 Å². The van der Waals surface area contributed by atoms with E-state index in [0.29, 0.717) is 24.2 Å². The lowest BCUT2D eigenvalue weighted by Crippen LogP contribution is -2.24. The number of rotatable bonds is 7. The average Bonchev–Trinajstić information content (AvgIpc) is 3.20. The number of carbonyl (C=O) groups excluding carboxylic acids is 1. The second kappa shape index (κ2) is 8.83. The largest absolute Gasteiger partial charge is 0.312 e. The molecule has 1 aromatic heterocycles. The zero-order chi connectivity index (χ0) is 23.6. The average molecular weight is 487 g/mol. The number of aryl methyl sites for hydroxylation is 1. The third kappa shape index (κ3) is 4.99. The number of nitrogens with one attached hydrogen (secondary N) is 2. The van der Waals surface area contributed by atoms with Crippen LogP contribution in [-0.2, 0) is 24.8 Å². The first-order valence-corrected chi connectivity index (χ1v) is 13.1. The maximum atomic E-state index is 12.8. The van der Waals surface area contributed by atoms with E-state index in [0.717, 1.165) is 6.42 Å². The van der Waals surface area contributed by atoms with E-state index in [9.17, 15) is 21.6 Å². The Labute approximate surface area is 192 Å². The zero-order valence-corrected chi connectivity index (χ0v) is 19.4. The summed E-state index contributed by atoms with van der Waals surface area (Å²) in [5.41, 5.74) is 1.59. The van der Waals surface area contributed by atoms with Crippen LogP contribution in [0.5, 0.6) is 0 Å². The van der Waals surface area contributed by atoms with Gasteiger partial charge in [-0.1, -0.05) is 6.07 Å². The van der Waals surface area contributed by atoms with Gasteiger partial charge in [0.2, 0.25) is 5.91 Å². The summed E-state index contributed by atoms with van der Waals surface area (Å²) in [6, 6.07) is 14.8. The fraction of sp³-hybridized carbons (Fsp3) is 0.182. The molecule has 1 fully saturated rings. The van der Waals surface area contributed by atoms with Gasteiger partial charge in [0.25, 0.3) is 20.0 Å². The van der Waals surface area contributed by atoms with Crippen molar-refractivity contribution in [2.24, 2.45) is 0 Å². The first-order valence-electron chi connectivity index (χ1n) is 10.1. The van der Waals surface area contributed by atoms with E-state index in [4.69, 9.17) is 0 Å². The molecule has 1 aliphatic heterocycles. The summed E-state index contributed by atoms with van der Waals surface area (Å²) >= 11 is 0. The van der Waals surface area contributed by atoms with Crippen LogP contribution in [0.2, 0.25) is 0 Å². The molecule has 172 valence electrons. The molecule has 0 unspecified atom stereocenters. The maximum absolute atomic E-state index is 12.8. The summed E-state index contributed by atoms with van der Waals surface area (Å²) in [5, 5.41) is 0. The predicted molar refractivity (Wildman–Crippen MR) is 125 cm³/mol. The smallest absolute Gasteiger partial charge is 0.263 e. The molecule has 0 aliphatic carbocycles. The Balaban J connectivity index is 1.50. The van der Waals surface area contributed by atoms with Crippen molar-refractivity contribution in [2.45, 2.75) is 29.6 Å². The fourth-order valence-corrected chi connectivity index (χ4v) is 5.69. The number of amides is 1. The molecule has 11 heteroatoms. The number of hydrogen-bond acceptors (Lipinski definition) is 6. The normalized spacial score (nSPS) is 14.3. The summed E-state index contributed by atoms with van der Waals surface area (Å²) in [7, 11) is -7.79. The molecular formula is C22H22N4O5S2. The topological polar surface area (TPSA) is 126 Å². The van der Waals surface area contributed by atoms with Crippen molar-refractivity contribution >= 4 is 43.1 Å². The standard InChI is InChI=1S/C22H22N4O5S2/c1-16-15-19(11-12-20(16)26-14-4-6-22(26)27)33(30,31)24-17-7-9-18(10-8-17)32(28,29)25-21-5-2-3-13-23-21/h2-3,5,7-13,15,24H,4,6,14H2,1H3,(H,23,25). The summed E-state index contributed by atoms with van der Waals surface area (Å²) in [6.45, 7) is 2.38. The van der Waals surface area contributed by atoms with Crippen LogP contribution in [0.15, 0.2) is 76.7 Å². The van der Waals surface area contributed by atoms with Crippen molar-refractivity contribution in [1.29, 1.82) is 0 Å². The second-order valence-electron chi connectivity index (χ2n) is 7.55. The number of carbonyl (C=O) groups is 1. The molecule has 1 aliphatic rings.